The van der Waals surface area contributed by atoms with E-state index in [9.17, 15) is 9.59 Å². The number of carbonyl (C=O) groups excluding carboxylic acids is 1. The molecule has 5 heteroatoms. The Labute approximate surface area is 123 Å². The van der Waals surface area contributed by atoms with Gasteiger partial charge < -0.3 is 10.4 Å². The molecule has 20 heavy (non-hydrogen) atoms. The molecule has 0 radical (unpaired) electrons. The van der Waals surface area contributed by atoms with Crippen LogP contribution >= 0.6 is 11.3 Å². The molecule has 0 spiro atoms. The maximum absolute atomic E-state index is 12.2. The number of carboxylic acid groups (broad SMARTS) is 1. The summed E-state index contributed by atoms with van der Waals surface area (Å²) in [5, 5.41) is 11.9. The molecule has 110 valence electrons. The molecule has 0 atom stereocenters. The quantitative estimate of drug-likeness (QED) is 0.848. The van der Waals surface area contributed by atoms with Gasteiger partial charge in [0.1, 0.15) is 0 Å². The highest BCUT2D eigenvalue weighted by Gasteiger charge is 2.39. The summed E-state index contributed by atoms with van der Waals surface area (Å²) in [4.78, 5) is 25.0. The number of carbonyl (C=O) groups is 2. The Morgan fingerprint density at radius 3 is 2.60 bits per heavy atom. The van der Waals surface area contributed by atoms with Gasteiger partial charge in [0, 0.05) is 11.4 Å². The van der Waals surface area contributed by atoms with E-state index in [2.05, 4.69) is 12.2 Å². The van der Waals surface area contributed by atoms with Crippen molar-refractivity contribution in [3.8, 4) is 0 Å². The van der Waals surface area contributed by atoms with Crippen LogP contribution in [0.15, 0.2) is 6.07 Å². The van der Waals surface area contributed by atoms with Crippen LogP contribution in [-0.4, -0.2) is 23.5 Å². The molecule has 1 amide bonds. The highest BCUT2D eigenvalue weighted by molar-refractivity contribution is 7.14. The first-order chi connectivity index (χ1) is 9.46. The van der Waals surface area contributed by atoms with Crippen LogP contribution < -0.4 is 5.32 Å². The minimum absolute atomic E-state index is 0.0746. The summed E-state index contributed by atoms with van der Waals surface area (Å²) in [5.74, 6) is -0.853. The lowest BCUT2D eigenvalue weighted by atomic mass is 9.66. The maximum atomic E-state index is 12.2. The maximum Gasteiger partial charge on any atom is 0.303 e. The first-order valence-electron chi connectivity index (χ1n) is 7.05. The Kier molecular flexibility index (Phi) is 4.48. The lowest BCUT2D eigenvalue weighted by molar-refractivity contribution is -0.141. The third-order valence-corrected chi connectivity index (χ3v) is 5.51. The summed E-state index contributed by atoms with van der Waals surface area (Å²) in [7, 11) is 0. The van der Waals surface area contributed by atoms with Crippen molar-refractivity contribution in [2.75, 3.05) is 6.54 Å². The zero-order chi connectivity index (χ0) is 14.8. The zero-order valence-electron chi connectivity index (χ0n) is 12.0. The second kappa shape index (κ2) is 5.95. The average Bonchev–Trinajstić information content (AvgIpc) is 2.73. The summed E-state index contributed by atoms with van der Waals surface area (Å²) in [6.07, 6.45) is 3.93. The summed E-state index contributed by atoms with van der Waals surface area (Å²) in [5.41, 5.74) is 0.938. The topological polar surface area (TPSA) is 66.4 Å². The number of hydrogen-bond donors (Lipinski definition) is 2. The van der Waals surface area contributed by atoms with Crippen LogP contribution in [0.4, 0.5) is 0 Å². The second-order valence-corrected chi connectivity index (χ2v) is 6.81. The van der Waals surface area contributed by atoms with E-state index < -0.39 is 5.97 Å². The summed E-state index contributed by atoms with van der Waals surface area (Å²) >= 11 is 1.53. The second-order valence-electron chi connectivity index (χ2n) is 5.68. The van der Waals surface area contributed by atoms with Gasteiger partial charge in [-0.15, -0.1) is 11.3 Å². The van der Waals surface area contributed by atoms with Crippen LogP contribution in [0.1, 0.15) is 52.7 Å². The minimum atomic E-state index is -0.779. The number of aryl methyl sites for hydroxylation is 2. The molecule has 1 aliphatic carbocycles. The van der Waals surface area contributed by atoms with Crippen LogP contribution in [0, 0.1) is 12.3 Å². The molecule has 2 rings (SSSR count). The Morgan fingerprint density at radius 2 is 2.15 bits per heavy atom. The molecule has 0 saturated heterocycles. The fraction of sp³-hybridized carbons (Fsp3) is 0.600. The molecule has 0 aliphatic heterocycles. The fourth-order valence-corrected chi connectivity index (χ4v) is 3.78. The van der Waals surface area contributed by atoms with Crippen LogP contribution in [0.5, 0.6) is 0 Å². The summed E-state index contributed by atoms with van der Waals surface area (Å²) < 4.78 is 0. The van der Waals surface area contributed by atoms with Crippen molar-refractivity contribution in [1.29, 1.82) is 0 Å². The van der Waals surface area contributed by atoms with Gasteiger partial charge in [-0.3, -0.25) is 9.59 Å². The Bertz CT molecular complexity index is 517. The Morgan fingerprint density at radius 1 is 1.45 bits per heavy atom. The van der Waals surface area contributed by atoms with Crippen LogP contribution in [-0.2, 0) is 11.2 Å². The van der Waals surface area contributed by atoms with E-state index in [1.54, 1.807) is 0 Å². The highest BCUT2D eigenvalue weighted by atomic mass is 32.1. The Balaban J connectivity index is 1.95. The van der Waals surface area contributed by atoms with Crippen LogP contribution in [0.25, 0.3) is 0 Å². The SMILES string of the molecule is CCc1sc(C(=O)NCC2(CC(=O)O)CCC2)cc1C. The highest BCUT2D eigenvalue weighted by Crippen LogP contribution is 2.43. The largest absolute Gasteiger partial charge is 0.481 e. The van der Waals surface area contributed by atoms with Crippen LogP contribution in [0.3, 0.4) is 0 Å². The number of carboxylic acids is 1. The van der Waals surface area contributed by atoms with Gasteiger partial charge in [-0.2, -0.15) is 0 Å². The van der Waals surface area contributed by atoms with Gasteiger partial charge >= 0.3 is 5.97 Å². The molecule has 1 aliphatic rings. The third-order valence-electron chi connectivity index (χ3n) is 4.13. The molecule has 1 heterocycles. The van der Waals surface area contributed by atoms with E-state index >= 15 is 0 Å². The molecule has 0 aromatic carbocycles. The van der Waals surface area contributed by atoms with Gasteiger partial charge in [-0.1, -0.05) is 13.3 Å². The van der Waals surface area contributed by atoms with Crippen molar-refractivity contribution in [2.24, 2.45) is 5.41 Å². The number of rotatable bonds is 6. The molecule has 0 bridgehead atoms. The van der Waals surface area contributed by atoms with Crippen molar-refractivity contribution < 1.29 is 14.7 Å². The van der Waals surface area contributed by atoms with E-state index in [1.807, 2.05) is 13.0 Å². The lowest BCUT2D eigenvalue weighted by Gasteiger charge is -2.40. The standard InChI is InChI=1S/C15H21NO3S/c1-3-11-10(2)7-12(20-11)14(19)16-9-15(5-4-6-15)8-13(17)18/h7H,3-6,8-9H2,1-2H3,(H,16,19)(H,17,18). The molecular weight excluding hydrogens is 274 g/mol. The smallest absolute Gasteiger partial charge is 0.303 e. The molecular formula is C15H21NO3S. The van der Waals surface area contributed by atoms with Gasteiger partial charge in [0.2, 0.25) is 0 Å². The fourth-order valence-electron chi connectivity index (χ4n) is 2.75. The molecule has 1 aromatic heterocycles. The summed E-state index contributed by atoms with van der Waals surface area (Å²) in [6, 6.07) is 1.92. The molecule has 4 nitrogen and oxygen atoms in total. The van der Waals surface area contributed by atoms with Gasteiger partial charge in [-0.25, -0.2) is 0 Å². The van der Waals surface area contributed by atoms with Crippen LogP contribution in [0.2, 0.25) is 0 Å². The predicted octanol–water partition coefficient (Wildman–Crippen LogP) is 2.99. The van der Waals surface area contributed by atoms with E-state index in [4.69, 9.17) is 5.11 Å². The Hall–Kier alpha value is -1.36. The van der Waals surface area contributed by atoms with Gasteiger partial charge in [0.05, 0.1) is 11.3 Å². The molecule has 2 N–H and O–H groups in total. The lowest BCUT2D eigenvalue weighted by Crippen LogP contribution is -2.43. The van der Waals surface area contributed by atoms with E-state index in [0.717, 1.165) is 36.1 Å². The van der Waals surface area contributed by atoms with Crippen molar-refractivity contribution in [3.63, 3.8) is 0 Å². The van der Waals surface area contributed by atoms with E-state index in [1.165, 1.54) is 16.2 Å². The van der Waals surface area contributed by atoms with Gasteiger partial charge in [0.25, 0.3) is 5.91 Å². The van der Waals surface area contributed by atoms with Crippen molar-refractivity contribution in [1.82, 2.24) is 5.32 Å². The molecule has 1 saturated carbocycles. The first-order valence-corrected chi connectivity index (χ1v) is 7.87. The number of thiophene rings is 1. The number of aliphatic carboxylic acids is 1. The first kappa shape index (κ1) is 15.0. The van der Waals surface area contributed by atoms with E-state index in [-0.39, 0.29) is 17.7 Å². The summed E-state index contributed by atoms with van der Waals surface area (Å²) in [6.45, 7) is 4.57. The molecule has 0 unspecified atom stereocenters. The van der Waals surface area contributed by atoms with E-state index in [0.29, 0.717) is 6.54 Å². The minimum Gasteiger partial charge on any atom is -0.481 e. The van der Waals surface area contributed by atoms with Crippen molar-refractivity contribution >= 4 is 23.2 Å². The average molecular weight is 295 g/mol. The predicted molar refractivity (Wildman–Crippen MR) is 79.3 cm³/mol. The van der Waals surface area contributed by atoms with Crippen molar-refractivity contribution in [2.45, 2.75) is 46.0 Å². The monoisotopic (exact) mass is 295 g/mol. The van der Waals surface area contributed by atoms with Gasteiger partial charge in [-0.05, 0) is 43.2 Å². The zero-order valence-corrected chi connectivity index (χ0v) is 12.8. The molecule has 1 aromatic rings. The number of amides is 1. The third kappa shape index (κ3) is 3.20. The number of hydrogen-bond acceptors (Lipinski definition) is 3. The van der Waals surface area contributed by atoms with Crippen molar-refractivity contribution in [3.05, 3.63) is 21.4 Å². The van der Waals surface area contributed by atoms with Gasteiger partial charge in [0.15, 0.2) is 0 Å². The number of nitrogens with one attached hydrogen (secondary N) is 1. The normalized spacial score (nSPS) is 16.5. The molecule has 1 fully saturated rings.